The van der Waals surface area contributed by atoms with Crippen molar-refractivity contribution in [3.63, 3.8) is 0 Å². The SMILES string of the molecule is CC(C)N1CCCCC1.CCNc1cc(C(F)(F)F)ccc1-c1nnc(N)cc1C. The summed E-state index contributed by atoms with van der Waals surface area (Å²) < 4.78 is 38.4. The van der Waals surface area contributed by atoms with E-state index in [1.807, 2.05) is 6.92 Å². The molecule has 166 valence electrons. The van der Waals surface area contributed by atoms with Crippen LogP contribution in [0.5, 0.6) is 0 Å². The molecular weight excluding hydrogens is 391 g/mol. The number of halogens is 3. The minimum absolute atomic E-state index is 0.271. The molecule has 0 saturated carbocycles. The highest BCUT2D eigenvalue weighted by atomic mass is 19.4. The number of alkyl halides is 3. The smallest absolute Gasteiger partial charge is 0.385 e. The number of aromatic nitrogens is 2. The van der Waals surface area contributed by atoms with Crippen molar-refractivity contribution in [1.82, 2.24) is 15.1 Å². The molecule has 0 unspecified atom stereocenters. The number of hydrogen-bond donors (Lipinski definition) is 2. The molecule has 0 spiro atoms. The van der Waals surface area contributed by atoms with Gasteiger partial charge in [0, 0.05) is 23.8 Å². The first kappa shape index (κ1) is 23.9. The van der Waals surface area contributed by atoms with Gasteiger partial charge in [-0.3, -0.25) is 0 Å². The van der Waals surface area contributed by atoms with E-state index >= 15 is 0 Å². The summed E-state index contributed by atoms with van der Waals surface area (Å²) in [4.78, 5) is 2.56. The maximum atomic E-state index is 12.8. The van der Waals surface area contributed by atoms with Crippen LogP contribution in [0.2, 0.25) is 0 Å². The Bertz CT molecular complexity index is 815. The molecule has 5 nitrogen and oxygen atoms in total. The fourth-order valence-corrected chi connectivity index (χ4v) is 3.47. The number of piperidine rings is 1. The van der Waals surface area contributed by atoms with Crippen molar-refractivity contribution < 1.29 is 13.2 Å². The van der Waals surface area contributed by atoms with Crippen LogP contribution in [0.4, 0.5) is 24.7 Å². The zero-order chi connectivity index (χ0) is 22.3. The van der Waals surface area contributed by atoms with Crippen molar-refractivity contribution >= 4 is 11.5 Å². The maximum Gasteiger partial charge on any atom is 0.416 e. The van der Waals surface area contributed by atoms with Gasteiger partial charge >= 0.3 is 6.18 Å². The molecule has 0 atom stereocenters. The third kappa shape index (κ3) is 6.58. The van der Waals surface area contributed by atoms with E-state index in [1.54, 1.807) is 13.0 Å². The molecule has 2 aromatic rings. The number of likely N-dealkylation sites (tertiary alicyclic amines) is 1. The highest BCUT2D eigenvalue weighted by Gasteiger charge is 2.31. The molecule has 30 heavy (non-hydrogen) atoms. The first-order valence-corrected chi connectivity index (χ1v) is 10.4. The first-order valence-electron chi connectivity index (χ1n) is 10.4. The Kier molecular flexibility index (Phi) is 8.46. The van der Waals surface area contributed by atoms with Gasteiger partial charge in [-0.05, 0) is 77.4 Å². The number of aryl methyl sites for hydroxylation is 1. The van der Waals surface area contributed by atoms with E-state index in [4.69, 9.17) is 5.73 Å². The van der Waals surface area contributed by atoms with Crippen molar-refractivity contribution in [2.24, 2.45) is 0 Å². The lowest BCUT2D eigenvalue weighted by molar-refractivity contribution is -0.137. The van der Waals surface area contributed by atoms with E-state index in [-0.39, 0.29) is 5.82 Å². The minimum atomic E-state index is -4.38. The van der Waals surface area contributed by atoms with Gasteiger partial charge in [0.15, 0.2) is 0 Å². The zero-order valence-electron chi connectivity index (χ0n) is 18.2. The third-order valence-corrected chi connectivity index (χ3v) is 5.09. The van der Waals surface area contributed by atoms with Crippen LogP contribution in [0.1, 0.15) is 51.2 Å². The number of nitrogens with one attached hydrogen (secondary N) is 1. The third-order valence-electron chi connectivity index (χ3n) is 5.09. The summed E-state index contributed by atoms with van der Waals surface area (Å²) in [6.07, 6.45) is -0.107. The van der Waals surface area contributed by atoms with E-state index in [0.717, 1.165) is 23.7 Å². The van der Waals surface area contributed by atoms with Crippen LogP contribution in [0, 0.1) is 6.92 Å². The van der Waals surface area contributed by atoms with Gasteiger partial charge in [0.2, 0.25) is 0 Å². The topological polar surface area (TPSA) is 67.1 Å². The summed E-state index contributed by atoms with van der Waals surface area (Å²) in [5, 5.41) is 10.7. The van der Waals surface area contributed by atoms with E-state index in [2.05, 4.69) is 34.3 Å². The predicted molar refractivity (Wildman–Crippen MR) is 116 cm³/mol. The number of nitrogens with two attached hydrogens (primary N) is 1. The van der Waals surface area contributed by atoms with Crippen molar-refractivity contribution in [2.45, 2.75) is 59.2 Å². The van der Waals surface area contributed by atoms with Gasteiger partial charge in [0.25, 0.3) is 0 Å². The monoisotopic (exact) mass is 423 g/mol. The molecule has 8 heteroatoms. The van der Waals surface area contributed by atoms with Crippen LogP contribution in [0.25, 0.3) is 11.3 Å². The Morgan fingerprint density at radius 3 is 2.27 bits per heavy atom. The standard InChI is InChI=1S/C14H15F3N4.C8H17N/c1-3-19-11-7-9(14(15,16)17)4-5-10(11)13-8(2)6-12(18)20-21-13;1-8(2)9-6-4-3-5-7-9/h4-7,19H,3H2,1-2H3,(H2,18,20);8H,3-7H2,1-2H3. The Labute approximate surface area is 176 Å². The summed E-state index contributed by atoms with van der Waals surface area (Å²) in [5.41, 5.74) is 7.03. The lowest BCUT2D eigenvalue weighted by Gasteiger charge is -2.29. The molecule has 0 aliphatic carbocycles. The lowest BCUT2D eigenvalue weighted by atomic mass is 10.0. The highest BCUT2D eigenvalue weighted by Crippen LogP contribution is 2.36. The van der Waals surface area contributed by atoms with Gasteiger partial charge in [-0.15, -0.1) is 10.2 Å². The number of nitrogen functional groups attached to an aromatic ring is 1. The molecule has 1 aliphatic rings. The van der Waals surface area contributed by atoms with Gasteiger partial charge in [0.05, 0.1) is 11.3 Å². The highest BCUT2D eigenvalue weighted by molar-refractivity contribution is 5.78. The molecule has 3 N–H and O–H groups in total. The molecule has 3 rings (SSSR count). The molecule has 2 heterocycles. The summed E-state index contributed by atoms with van der Waals surface area (Å²) in [6, 6.07) is 5.92. The van der Waals surface area contributed by atoms with Gasteiger partial charge in [-0.2, -0.15) is 13.2 Å². The zero-order valence-corrected chi connectivity index (χ0v) is 18.2. The second-order valence-electron chi connectivity index (χ2n) is 7.78. The number of hydrogen-bond acceptors (Lipinski definition) is 5. The van der Waals surface area contributed by atoms with Crippen LogP contribution < -0.4 is 11.1 Å². The van der Waals surface area contributed by atoms with E-state index in [0.29, 0.717) is 23.5 Å². The van der Waals surface area contributed by atoms with Crippen LogP contribution in [0.3, 0.4) is 0 Å². The molecule has 1 fully saturated rings. The van der Waals surface area contributed by atoms with E-state index in [9.17, 15) is 13.2 Å². The molecule has 1 saturated heterocycles. The Balaban J connectivity index is 0.000000297. The predicted octanol–water partition coefficient (Wildman–Crippen LogP) is 5.37. The van der Waals surface area contributed by atoms with E-state index in [1.165, 1.54) is 38.4 Å². The fraction of sp³-hybridized carbons (Fsp3) is 0.545. The second-order valence-corrected chi connectivity index (χ2v) is 7.78. The summed E-state index contributed by atoms with van der Waals surface area (Å²) in [5.74, 6) is 0.271. The normalized spacial score (nSPS) is 14.9. The summed E-state index contributed by atoms with van der Waals surface area (Å²) in [6.45, 7) is 11.3. The van der Waals surface area contributed by atoms with Crippen molar-refractivity contribution in [3.05, 3.63) is 35.4 Å². The molecule has 1 aromatic carbocycles. The number of rotatable bonds is 4. The molecule has 0 bridgehead atoms. The van der Waals surface area contributed by atoms with E-state index < -0.39 is 11.7 Å². The molecular formula is C22H32F3N5. The molecule has 0 amide bonds. The summed E-state index contributed by atoms with van der Waals surface area (Å²) in [7, 11) is 0. The van der Waals surface area contributed by atoms with Gasteiger partial charge < -0.3 is 16.0 Å². The maximum absolute atomic E-state index is 12.8. The molecule has 0 radical (unpaired) electrons. The van der Waals surface area contributed by atoms with Crippen LogP contribution in [0.15, 0.2) is 24.3 Å². The summed E-state index contributed by atoms with van der Waals surface area (Å²) >= 11 is 0. The van der Waals surface area contributed by atoms with Gasteiger partial charge in [-0.25, -0.2) is 0 Å². The quantitative estimate of drug-likeness (QED) is 0.692. The molecule has 1 aliphatic heterocycles. The number of benzene rings is 1. The largest absolute Gasteiger partial charge is 0.416 e. The van der Waals surface area contributed by atoms with Gasteiger partial charge in [-0.1, -0.05) is 12.5 Å². The van der Waals surface area contributed by atoms with Crippen molar-refractivity contribution in [2.75, 3.05) is 30.7 Å². The van der Waals surface area contributed by atoms with Gasteiger partial charge in [0.1, 0.15) is 5.82 Å². The fourth-order valence-electron chi connectivity index (χ4n) is 3.47. The van der Waals surface area contributed by atoms with Crippen LogP contribution in [-0.4, -0.2) is 40.8 Å². The Morgan fingerprint density at radius 2 is 1.77 bits per heavy atom. The average Bonchev–Trinajstić information content (AvgIpc) is 2.69. The lowest BCUT2D eigenvalue weighted by Crippen LogP contribution is -2.35. The van der Waals surface area contributed by atoms with Crippen LogP contribution in [-0.2, 0) is 6.18 Å². The number of anilines is 2. The number of nitrogens with zero attached hydrogens (tertiary/aromatic N) is 3. The van der Waals surface area contributed by atoms with Crippen molar-refractivity contribution in [3.8, 4) is 11.3 Å². The average molecular weight is 424 g/mol. The second kappa shape index (κ2) is 10.6. The van der Waals surface area contributed by atoms with Crippen LogP contribution >= 0.6 is 0 Å². The Morgan fingerprint density at radius 1 is 1.10 bits per heavy atom. The Hall–Kier alpha value is -2.35. The minimum Gasteiger partial charge on any atom is -0.385 e. The molecule has 1 aromatic heterocycles. The first-order chi connectivity index (χ1) is 14.1. The van der Waals surface area contributed by atoms with Crippen molar-refractivity contribution in [1.29, 1.82) is 0 Å².